The first-order chi connectivity index (χ1) is 41.0. The highest BCUT2D eigenvalue weighted by Crippen LogP contribution is 2.42. The lowest BCUT2D eigenvalue weighted by molar-refractivity contribution is -0.913. The molecule has 14 nitrogen and oxygen atoms in total. The monoisotopic (exact) mass is 1180 g/mol. The highest BCUT2D eigenvalue weighted by Gasteiger charge is 2.33. The molecule has 5 aromatic rings. The number of unbranched alkanes of at least 4 members (excludes halogenated alkanes) is 18. The van der Waals surface area contributed by atoms with Gasteiger partial charge in [-0.25, -0.2) is 4.99 Å². The molecular formula is C68H95N8O6S2+. The van der Waals surface area contributed by atoms with E-state index in [2.05, 4.69) is 84.2 Å². The van der Waals surface area contributed by atoms with Gasteiger partial charge in [0.2, 0.25) is 0 Å². The summed E-state index contributed by atoms with van der Waals surface area (Å²) in [5.41, 5.74) is 8.08. The number of aryl methyl sites for hydroxylation is 1. The number of esters is 3. The standard InChI is InChI=1S/C68H95N8O6S2/c1-5-6-7-8-9-10-11-12-13-14-15-16-17-18-19-20-21-22-26-33-62(77)82-51-74(3)39-38-69-65-56-49-55(84-67(56)72-59-32-28-27-31-58(59)70-65)47-54-34-35-60-61(48-54)71-66(57-46-52(2)83-68(57)73-60)75-40-42-76(4,43-41-75)44-45-80-63(78)36-37-64(79)81-50-53-29-24-23-25-30-53/h23-25,27-32,34-35,46,48-49,72-73H,5-22,26,33,36-45,47,50-51H2,1-4H3,(H,69,70)/q+1. The second kappa shape index (κ2) is 34.2. The maximum Gasteiger partial charge on any atom is 0.307 e. The number of rotatable bonds is 35. The first kappa shape index (κ1) is 63.9. The summed E-state index contributed by atoms with van der Waals surface area (Å²) in [6.07, 6.45) is 26.6. The number of carbonyl (C=O) groups excluding carboxylic acids is 3. The molecule has 0 aliphatic carbocycles. The molecule has 84 heavy (non-hydrogen) atoms. The van der Waals surface area contributed by atoms with Crippen LogP contribution in [0, 0.1) is 6.92 Å². The van der Waals surface area contributed by atoms with Gasteiger partial charge in [0.1, 0.15) is 48.2 Å². The molecule has 0 radical (unpaired) electrons. The van der Waals surface area contributed by atoms with Crippen molar-refractivity contribution in [1.29, 1.82) is 0 Å². The zero-order valence-electron chi connectivity index (χ0n) is 50.9. The second-order valence-corrected chi connectivity index (χ2v) is 26.0. The number of piperazine rings is 1. The molecule has 0 spiro atoms. The second-order valence-electron chi connectivity index (χ2n) is 23.7. The van der Waals surface area contributed by atoms with E-state index in [4.69, 9.17) is 24.2 Å². The number of thiophene rings is 2. The van der Waals surface area contributed by atoms with Crippen LogP contribution in [-0.2, 0) is 41.6 Å². The Morgan fingerprint density at radius 3 is 1.88 bits per heavy atom. The molecular weight excluding hydrogens is 1090 g/mol. The number of benzene rings is 3. The minimum atomic E-state index is -0.409. The zero-order valence-corrected chi connectivity index (χ0v) is 52.6. The van der Waals surface area contributed by atoms with E-state index >= 15 is 0 Å². The van der Waals surface area contributed by atoms with Gasteiger partial charge in [-0.05, 0) is 67.9 Å². The zero-order chi connectivity index (χ0) is 58.8. The summed E-state index contributed by atoms with van der Waals surface area (Å²) in [5, 5.41) is 13.2. The molecule has 8 rings (SSSR count). The quantitative estimate of drug-likeness (QED) is 0.0117. The SMILES string of the molecule is CCCCCCCCCCCCCCCCCCCCCC(=O)OCN(C)CCN=C1Nc2ccccc2Nc2sc(Cc3ccc4c(c3)N=C(N3CC[N+](C)(CCOC(=O)CCC(=O)OCc5ccccc5)CC3)c3cc(C)sc3N4)cc21. The Labute approximate surface area is 509 Å². The third-order valence-electron chi connectivity index (χ3n) is 16.4. The average Bonchev–Trinajstić information content (AvgIpc) is 4.17. The molecule has 3 aromatic carbocycles. The maximum absolute atomic E-state index is 12.7. The van der Waals surface area contributed by atoms with Crippen molar-refractivity contribution in [3.63, 3.8) is 0 Å². The number of likely N-dealkylation sites (N-methyl/N-ethyl adjacent to an activating group) is 2. The Hall–Kier alpha value is -6.07. The van der Waals surface area contributed by atoms with Crippen molar-refractivity contribution >= 4 is 85.0 Å². The van der Waals surface area contributed by atoms with Crippen LogP contribution < -0.4 is 16.0 Å². The molecule has 0 bridgehead atoms. The predicted molar refractivity (Wildman–Crippen MR) is 347 cm³/mol. The Morgan fingerprint density at radius 1 is 0.631 bits per heavy atom. The van der Waals surface area contributed by atoms with Crippen LogP contribution in [0.25, 0.3) is 0 Å². The lowest BCUT2D eigenvalue weighted by Crippen LogP contribution is -2.59. The molecule has 16 heteroatoms. The van der Waals surface area contributed by atoms with Crippen molar-refractivity contribution in [3.8, 4) is 0 Å². The van der Waals surface area contributed by atoms with Gasteiger partial charge in [0.15, 0.2) is 0 Å². The number of nitrogens with zero attached hydrogens (tertiary/aromatic N) is 5. The van der Waals surface area contributed by atoms with E-state index in [1.165, 1.54) is 119 Å². The van der Waals surface area contributed by atoms with Crippen molar-refractivity contribution in [2.45, 2.75) is 168 Å². The maximum atomic E-state index is 12.7. The summed E-state index contributed by atoms with van der Waals surface area (Å²) < 4.78 is 17.4. The first-order valence-corrected chi connectivity index (χ1v) is 33.3. The number of amidine groups is 2. The van der Waals surface area contributed by atoms with E-state index in [-0.39, 0.29) is 38.1 Å². The van der Waals surface area contributed by atoms with E-state index in [9.17, 15) is 14.4 Å². The Bertz CT molecular complexity index is 2910. The number of anilines is 5. The van der Waals surface area contributed by atoms with Gasteiger partial charge in [-0.1, -0.05) is 171 Å². The van der Waals surface area contributed by atoms with Gasteiger partial charge in [0.25, 0.3) is 0 Å². The summed E-state index contributed by atoms with van der Waals surface area (Å²) >= 11 is 3.49. The van der Waals surface area contributed by atoms with Crippen LogP contribution in [0.15, 0.2) is 94.9 Å². The Kier molecular flexibility index (Phi) is 26.0. The number of hydrogen-bond acceptors (Lipinski definition) is 14. The molecule has 0 atom stereocenters. The third-order valence-corrected chi connectivity index (χ3v) is 18.5. The molecule has 0 saturated carbocycles. The lowest BCUT2D eigenvalue weighted by atomic mass is 10.0. The van der Waals surface area contributed by atoms with Crippen LogP contribution in [0.3, 0.4) is 0 Å². The normalized spacial score (nSPS) is 14.7. The van der Waals surface area contributed by atoms with E-state index in [1.807, 2.05) is 54.4 Å². The number of carbonyl (C=O) groups is 3. The molecule has 2 aromatic heterocycles. The fourth-order valence-corrected chi connectivity index (χ4v) is 13.2. The molecule has 454 valence electrons. The van der Waals surface area contributed by atoms with Gasteiger partial charge >= 0.3 is 17.9 Å². The topological polar surface area (TPSA) is 146 Å². The minimum absolute atomic E-state index is 0.000280. The highest BCUT2D eigenvalue weighted by atomic mass is 32.1. The Morgan fingerprint density at radius 2 is 1.21 bits per heavy atom. The van der Waals surface area contributed by atoms with E-state index in [0.29, 0.717) is 32.7 Å². The van der Waals surface area contributed by atoms with Crippen LogP contribution in [-0.4, -0.2) is 117 Å². The van der Waals surface area contributed by atoms with Crippen molar-refractivity contribution in [1.82, 2.24) is 9.80 Å². The van der Waals surface area contributed by atoms with Crippen molar-refractivity contribution in [3.05, 3.63) is 117 Å². The molecule has 5 heterocycles. The fraction of sp³-hybridized carbons (Fsp3) is 0.544. The lowest BCUT2D eigenvalue weighted by Gasteiger charge is -2.42. The summed E-state index contributed by atoms with van der Waals surface area (Å²) in [6.45, 7) is 10.4. The number of ether oxygens (including phenoxy) is 3. The summed E-state index contributed by atoms with van der Waals surface area (Å²) in [5.74, 6) is 0.872. The number of hydrogen-bond donors (Lipinski definition) is 3. The van der Waals surface area contributed by atoms with Gasteiger partial charge in [0, 0.05) is 29.1 Å². The van der Waals surface area contributed by atoms with Crippen molar-refractivity contribution in [2.75, 3.05) is 89.2 Å². The number of fused-ring (bicyclic) bond motifs is 4. The molecule has 3 aliphatic rings. The molecule has 0 amide bonds. The van der Waals surface area contributed by atoms with Gasteiger partial charge in [-0.3, -0.25) is 24.3 Å². The summed E-state index contributed by atoms with van der Waals surface area (Å²) in [6, 6.07) is 28.8. The third kappa shape index (κ3) is 20.9. The summed E-state index contributed by atoms with van der Waals surface area (Å²) in [7, 11) is 4.20. The first-order valence-electron chi connectivity index (χ1n) is 31.7. The highest BCUT2D eigenvalue weighted by molar-refractivity contribution is 7.17. The number of nitrogens with one attached hydrogen (secondary N) is 3. The number of para-hydroxylation sites is 2. The molecule has 3 N–H and O–H groups in total. The molecule has 3 aliphatic heterocycles. The van der Waals surface area contributed by atoms with E-state index < -0.39 is 5.97 Å². The van der Waals surface area contributed by atoms with Gasteiger partial charge in [0.05, 0.1) is 86.5 Å². The van der Waals surface area contributed by atoms with E-state index in [0.717, 1.165) is 117 Å². The van der Waals surface area contributed by atoms with Crippen LogP contribution in [0.4, 0.5) is 32.8 Å². The van der Waals surface area contributed by atoms with Crippen molar-refractivity contribution in [2.24, 2.45) is 9.98 Å². The summed E-state index contributed by atoms with van der Waals surface area (Å²) in [4.78, 5) is 55.0. The van der Waals surface area contributed by atoms with Gasteiger partial charge in [-0.15, -0.1) is 22.7 Å². The Balaban J connectivity index is 0.768. The number of quaternary nitrogens is 1. The molecule has 1 fully saturated rings. The largest absolute Gasteiger partial charge is 0.461 e. The van der Waals surface area contributed by atoms with Crippen LogP contribution in [0.1, 0.15) is 180 Å². The van der Waals surface area contributed by atoms with Crippen LogP contribution >= 0.6 is 22.7 Å². The molecule has 0 unspecified atom stereocenters. The van der Waals surface area contributed by atoms with Crippen LogP contribution in [0.5, 0.6) is 0 Å². The average molecular weight is 1180 g/mol. The van der Waals surface area contributed by atoms with E-state index in [1.54, 1.807) is 22.7 Å². The predicted octanol–water partition coefficient (Wildman–Crippen LogP) is 15.8. The number of aliphatic imine (C=N–C) groups is 2. The van der Waals surface area contributed by atoms with Crippen LogP contribution in [0.2, 0.25) is 0 Å². The van der Waals surface area contributed by atoms with Crippen molar-refractivity contribution < 1.29 is 33.1 Å². The van der Waals surface area contributed by atoms with Gasteiger partial charge < -0.3 is 39.5 Å². The fourth-order valence-electron chi connectivity index (χ4n) is 11.2. The van der Waals surface area contributed by atoms with Gasteiger partial charge in [-0.2, -0.15) is 0 Å². The molecule has 1 saturated heterocycles. The minimum Gasteiger partial charge on any atom is -0.461 e. The smallest absolute Gasteiger partial charge is 0.307 e.